The van der Waals surface area contributed by atoms with Crippen LogP contribution in [0.2, 0.25) is 0 Å². The van der Waals surface area contributed by atoms with E-state index >= 15 is 0 Å². The van der Waals surface area contributed by atoms with Gasteiger partial charge in [0, 0.05) is 32.1 Å². The predicted molar refractivity (Wildman–Crippen MR) is 78.3 cm³/mol. The van der Waals surface area contributed by atoms with Crippen LogP contribution in [0, 0.1) is 0 Å². The summed E-state index contributed by atoms with van der Waals surface area (Å²) >= 11 is 0. The average Bonchev–Trinajstić information content (AvgIpc) is 3.07. The zero-order chi connectivity index (χ0) is 15.7. The van der Waals surface area contributed by atoms with Crippen LogP contribution in [-0.2, 0) is 24.1 Å². The lowest BCUT2D eigenvalue weighted by atomic mass is 10.2. The van der Waals surface area contributed by atoms with E-state index in [0.717, 1.165) is 5.56 Å². The lowest BCUT2D eigenvalue weighted by molar-refractivity contribution is 0.581. The van der Waals surface area contributed by atoms with Gasteiger partial charge in [-0.1, -0.05) is 0 Å². The van der Waals surface area contributed by atoms with E-state index in [9.17, 15) is 8.42 Å². The maximum absolute atomic E-state index is 12.3. The highest BCUT2D eigenvalue weighted by Gasteiger charge is 2.19. The molecule has 3 aromatic heterocycles. The van der Waals surface area contributed by atoms with Crippen LogP contribution in [0.15, 0.2) is 41.9 Å². The molecule has 0 radical (unpaired) electrons. The van der Waals surface area contributed by atoms with Crippen LogP contribution in [0.1, 0.15) is 0 Å². The molecule has 0 bridgehead atoms. The van der Waals surface area contributed by atoms with Crippen LogP contribution in [0.4, 0.5) is 5.95 Å². The maximum Gasteiger partial charge on any atom is 0.281 e. The highest BCUT2D eigenvalue weighted by Crippen LogP contribution is 2.18. The van der Waals surface area contributed by atoms with Gasteiger partial charge in [-0.15, -0.1) is 0 Å². The molecule has 0 amide bonds. The molecule has 0 saturated heterocycles. The fourth-order valence-electron chi connectivity index (χ4n) is 1.92. The number of rotatable bonds is 4. The van der Waals surface area contributed by atoms with Gasteiger partial charge in [0.25, 0.3) is 10.0 Å². The van der Waals surface area contributed by atoms with E-state index in [2.05, 4.69) is 24.9 Å². The van der Waals surface area contributed by atoms with Crippen molar-refractivity contribution in [3.63, 3.8) is 0 Å². The monoisotopic (exact) mass is 319 g/mol. The third-order valence-electron chi connectivity index (χ3n) is 2.93. The molecule has 0 fully saturated rings. The molecule has 9 nitrogen and oxygen atoms in total. The van der Waals surface area contributed by atoms with Gasteiger partial charge in [0.2, 0.25) is 5.95 Å². The number of nitrogens with one attached hydrogen (secondary N) is 1. The molecule has 0 aliphatic heterocycles. The first-order valence-electron chi connectivity index (χ1n) is 6.28. The first-order chi connectivity index (χ1) is 10.5. The van der Waals surface area contributed by atoms with E-state index in [0.29, 0.717) is 5.69 Å². The lowest BCUT2D eigenvalue weighted by Crippen LogP contribution is -2.18. The summed E-state index contributed by atoms with van der Waals surface area (Å²) in [6.07, 6.45) is 6.31. The minimum absolute atomic E-state index is 0.0115. The second-order valence-electron chi connectivity index (χ2n) is 4.57. The van der Waals surface area contributed by atoms with Crippen molar-refractivity contribution in [1.82, 2.24) is 29.5 Å². The number of nitrogens with zero attached hydrogens (tertiary/aromatic N) is 6. The van der Waals surface area contributed by atoms with Gasteiger partial charge in [0.1, 0.15) is 0 Å². The Bertz CT molecular complexity index is 913. The molecule has 0 aliphatic carbocycles. The van der Waals surface area contributed by atoms with Crippen LogP contribution >= 0.6 is 0 Å². The third-order valence-corrected chi connectivity index (χ3v) is 4.34. The lowest BCUT2D eigenvalue weighted by Gasteiger charge is -2.07. The summed E-state index contributed by atoms with van der Waals surface area (Å²) in [6.45, 7) is 0. The maximum atomic E-state index is 12.3. The van der Waals surface area contributed by atoms with E-state index in [1.165, 1.54) is 23.1 Å². The number of hydrogen-bond donors (Lipinski definition) is 1. The van der Waals surface area contributed by atoms with Gasteiger partial charge in [-0.2, -0.15) is 18.6 Å². The van der Waals surface area contributed by atoms with Crippen molar-refractivity contribution in [3.05, 3.63) is 36.9 Å². The molecule has 10 heteroatoms. The number of sulfonamides is 1. The van der Waals surface area contributed by atoms with E-state index < -0.39 is 10.0 Å². The molecule has 1 N–H and O–H groups in total. The van der Waals surface area contributed by atoms with Crippen molar-refractivity contribution in [3.8, 4) is 11.3 Å². The topological polar surface area (TPSA) is 108 Å². The van der Waals surface area contributed by atoms with Gasteiger partial charge < -0.3 is 0 Å². The zero-order valence-electron chi connectivity index (χ0n) is 11.9. The second kappa shape index (κ2) is 5.22. The summed E-state index contributed by atoms with van der Waals surface area (Å²) in [5, 5.41) is 7.92. The molecule has 0 spiro atoms. The van der Waals surface area contributed by atoms with Crippen LogP contribution < -0.4 is 4.72 Å². The standard InChI is InChI=1S/C12H13N7O2S/c1-18-8-9(7-15-18)10-3-5-13-12(16-10)17-22(20,21)11-4-6-14-19(11)2/h3-8H,1-2H3,(H,13,16,17). The molecule has 3 aromatic rings. The Labute approximate surface area is 126 Å². The minimum atomic E-state index is -3.79. The number of anilines is 1. The Morgan fingerprint density at radius 1 is 1.14 bits per heavy atom. The quantitative estimate of drug-likeness (QED) is 0.746. The first-order valence-corrected chi connectivity index (χ1v) is 7.77. The molecule has 3 rings (SSSR count). The number of aromatic nitrogens is 6. The van der Waals surface area contributed by atoms with Gasteiger partial charge in [0.05, 0.1) is 18.1 Å². The van der Waals surface area contributed by atoms with E-state index in [4.69, 9.17) is 0 Å². The second-order valence-corrected chi connectivity index (χ2v) is 6.20. The van der Waals surface area contributed by atoms with Crippen molar-refractivity contribution >= 4 is 16.0 Å². The van der Waals surface area contributed by atoms with Crippen LogP contribution in [0.3, 0.4) is 0 Å². The molecule has 0 aliphatic rings. The van der Waals surface area contributed by atoms with E-state index in [-0.39, 0.29) is 11.0 Å². The van der Waals surface area contributed by atoms with Crippen molar-refractivity contribution in [1.29, 1.82) is 0 Å². The van der Waals surface area contributed by atoms with Crippen LogP contribution in [0.25, 0.3) is 11.3 Å². The van der Waals surface area contributed by atoms with Crippen molar-refractivity contribution in [2.45, 2.75) is 5.03 Å². The first kappa shape index (κ1) is 14.2. The van der Waals surface area contributed by atoms with Crippen LogP contribution in [-0.4, -0.2) is 37.9 Å². The molecule has 0 aromatic carbocycles. The van der Waals surface area contributed by atoms with Crippen LogP contribution in [0.5, 0.6) is 0 Å². The van der Waals surface area contributed by atoms with Crippen molar-refractivity contribution < 1.29 is 8.42 Å². The Balaban J connectivity index is 1.92. The fourth-order valence-corrected chi connectivity index (χ4v) is 3.00. The number of hydrogen-bond acceptors (Lipinski definition) is 6. The Hall–Kier alpha value is -2.75. The average molecular weight is 319 g/mol. The molecule has 114 valence electrons. The summed E-state index contributed by atoms with van der Waals surface area (Å²) in [4.78, 5) is 8.13. The van der Waals surface area contributed by atoms with Crippen molar-refractivity contribution in [2.24, 2.45) is 14.1 Å². The molecule has 3 heterocycles. The fraction of sp³-hybridized carbons (Fsp3) is 0.167. The molecule has 22 heavy (non-hydrogen) atoms. The Morgan fingerprint density at radius 2 is 1.95 bits per heavy atom. The predicted octanol–water partition coefficient (Wildman–Crippen LogP) is 0.411. The van der Waals surface area contributed by atoms with Crippen molar-refractivity contribution in [2.75, 3.05) is 4.72 Å². The minimum Gasteiger partial charge on any atom is -0.275 e. The third kappa shape index (κ3) is 2.68. The summed E-state index contributed by atoms with van der Waals surface area (Å²) in [5.41, 5.74) is 1.34. The van der Waals surface area contributed by atoms with E-state index in [1.54, 1.807) is 37.2 Å². The molecular formula is C12H13N7O2S. The molecule has 0 saturated carbocycles. The summed E-state index contributed by atoms with van der Waals surface area (Å²) in [5.74, 6) is -0.0115. The number of aryl methyl sites for hydroxylation is 2. The zero-order valence-corrected chi connectivity index (χ0v) is 12.7. The van der Waals surface area contributed by atoms with Gasteiger partial charge in [-0.3, -0.25) is 9.36 Å². The summed E-state index contributed by atoms with van der Waals surface area (Å²) < 4.78 is 29.8. The highest BCUT2D eigenvalue weighted by molar-refractivity contribution is 7.92. The highest BCUT2D eigenvalue weighted by atomic mass is 32.2. The molecular weight excluding hydrogens is 306 g/mol. The summed E-state index contributed by atoms with van der Waals surface area (Å²) in [6, 6.07) is 3.08. The van der Waals surface area contributed by atoms with Gasteiger partial charge >= 0.3 is 0 Å². The van der Waals surface area contributed by atoms with Gasteiger partial charge in [0.15, 0.2) is 5.03 Å². The molecule has 0 atom stereocenters. The Kier molecular flexibility index (Phi) is 3.37. The normalized spacial score (nSPS) is 11.5. The largest absolute Gasteiger partial charge is 0.281 e. The molecule has 0 unspecified atom stereocenters. The van der Waals surface area contributed by atoms with E-state index in [1.807, 2.05) is 0 Å². The SMILES string of the molecule is Cn1cc(-c2ccnc(NS(=O)(=O)c3ccnn3C)n2)cn1. The summed E-state index contributed by atoms with van der Waals surface area (Å²) in [7, 11) is -0.458. The smallest absolute Gasteiger partial charge is 0.275 e. The van der Waals surface area contributed by atoms with Gasteiger partial charge in [-0.05, 0) is 12.1 Å². The Morgan fingerprint density at radius 3 is 2.59 bits per heavy atom. The van der Waals surface area contributed by atoms with Gasteiger partial charge in [-0.25, -0.2) is 14.7 Å².